The van der Waals surface area contributed by atoms with Gasteiger partial charge in [0, 0.05) is 24.8 Å². The van der Waals surface area contributed by atoms with Crippen molar-refractivity contribution in [3.8, 4) is 0 Å². The first-order valence-corrected chi connectivity index (χ1v) is 12.3. The molecule has 1 N–H and O–H groups in total. The van der Waals surface area contributed by atoms with Crippen molar-refractivity contribution in [3.05, 3.63) is 29.3 Å². The van der Waals surface area contributed by atoms with Crippen LogP contribution in [-0.2, 0) is 17.6 Å². The number of fused-ring (bicyclic) bond motifs is 1. The summed E-state index contributed by atoms with van der Waals surface area (Å²) in [6, 6.07) is 6.82. The van der Waals surface area contributed by atoms with Gasteiger partial charge in [-0.2, -0.15) is 0 Å². The van der Waals surface area contributed by atoms with Gasteiger partial charge in [0.25, 0.3) is 0 Å². The second kappa shape index (κ2) is 8.25. The minimum absolute atomic E-state index is 0.0247. The lowest BCUT2D eigenvalue weighted by molar-refractivity contribution is -0.115. The zero-order valence-electron chi connectivity index (χ0n) is 17.9. The standard InChI is InChI=1S/C23H31N5OS/c1-15-10-12-27(13-11-15)22-25-26-23(28(22)20-8-9-20)30-16(2)21(29)24-19-7-6-17-4-3-5-18(17)14-19/h6-7,14-16,20H,3-5,8-13H2,1-2H3,(H,24,29). The Balaban J connectivity index is 1.27. The van der Waals surface area contributed by atoms with Gasteiger partial charge in [-0.3, -0.25) is 9.36 Å². The van der Waals surface area contributed by atoms with Crippen LogP contribution >= 0.6 is 11.8 Å². The highest BCUT2D eigenvalue weighted by Crippen LogP contribution is 2.42. The van der Waals surface area contributed by atoms with Crippen LogP contribution in [-0.4, -0.2) is 39.0 Å². The Bertz CT molecular complexity index is 930. The minimum atomic E-state index is -0.228. The highest BCUT2D eigenvalue weighted by Gasteiger charge is 2.33. The molecule has 5 rings (SSSR count). The second-order valence-corrected chi connectivity index (χ2v) is 10.4. The predicted octanol–water partition coefficient (Wildman–Crippen LogP) is 4.46. The van der Waals surface area contributed by atoms with Crippen molar-refractivity contribution in [2.75, 3.05) is 23.3 Å². The molecule has 160 valence electrons. The number of carbonyl (C=O) groups excluding carboxylic acids is 1. The lowest BCUT2D eigenvalue weighted by Crippen LogP contribution is -2.34. The summed E-state index contributed by atoms with van der Waals surface area (Å²) < 4.78 is 2.29. The summed E-state index contributed by atoms with van der Waals surface area (Å²) in [5.41, 5.74) is 3.70. The first kappa shape index (κ1) is 19.9. The first-order valence-electron chi connectivity index (χ1n) is 11.4. The Morgan fingerprint density at radius 2 is 1.90 bits per heavy atom. The average Bonchev–Trinajstić information content (AvgIpc) is 3.32. The topological polar surface area (TPSA) is 63.1 Å². The molecule has 1 aromatic carbocycles. The van der Waals surface area contributed by atoms with E-state index in [4.69, 9.17) is 0 Å². The molecule has 7 heteroatoms. The number of benzene rings is 1. The molecule has 1 aliphatic heterocycles. The molecule has 6 nitrogen and oxygen atoms in total. The number of aromatic nitrogens is 3. The van der Waals surface area contributed by atoms with Crippen molar-refractivity contribution in [2.45, 2.75) is 75.2 Å². The lowest BCUT2D eigenvalue weighted by Gasteiger charge is -2.31. The predicted molar refractivity (Wildman–Crippen MR) is 121 cm³/mol. The molecular weight excluding hydrogens is 394 g/mol. The number of rotatable bonds is 6. The molecule has 2 aliphatic carbocycles. The van der Waals surface area contributed by atoms with Gasteiger partial charge in [-0.15, -0.1) is 10.2 Å². The molecule has 2 aromatic rings. The maximum Gasteiger partial charge on any atom is 0.237 e. The number of anilines is 2. The van der Waals surface area contributed by atoms with E-state index in [-0.39, 0.29) is 11.2 Å². The van der Waals surface area contributed by atoms with Gasteiger partial charge in [-0.1, -0.05) is 24.8 Å². The Morgan fingerprint density at radius 3 is 2.67 bits per heavy atom. The average molecular weight is 426 g/mol. The molecule has 1 amide bonds. The zero-order chi connectivity index (χ0) is 20.7. The van der Waals surface area contributed by atoms with Crippen molar-refractivity contribution >= 4 is 29.3 Å². The Morgan fingerprint density at radius 1 is 1.13 bits per heavy atom. The number of hydrogen-bond acceptors (Lipinski definition) is 5. The number of carbonyl (C=O) groups is 1. The van der Waals surface area contributed by atoms with E-state index in [1.165, 1.54) is 55.0 Å². The molecule has 1 aromatic heterocycles. The summed E-state index contributed by atoms with van der Waals surface area (Å²) in [6.45, 7) is 6.38. The maximum atomic E-state index is 12.9. The summed E-state index contributed by atoms with van der Waals surface area (Å²) in [5.74, 6) is 1.81. The SMILES string of the molecule is CC1CCN(c2nnc(SC(C)C(=O)Nc3ccc4c(c3)CCC4)n2C2CC2)CC1. The Labute approximate surface area is 182 Å². The number of nitrogens with one attached hydrogen (secondary N) is 1. The van der Waals surface area contributed by atoms with Crippen LogP contribution in [0.2, 0.25) is 0 Å². The molecule has 3 aliphatic rings. The molecule has 0 radical (unpaired) electrons. The second-order valence-electron chi connectivity index (χ2n) is 9.14. The highest BCUT2D eigenvalue weighted by molar-refractivity contribution is 8.00. The number of piperidine rings is 1. The monoisotopic (exact) mass is 425 g/mol. The maximum absolute atomic E-state index is 12.9. The van der Waals surface area contributed by atoms with Gasteiger partial charge in [0.2, 0.25) is 11.9 Å². The number of hydrogen-bond donors (Lipinski definition) is 1. The Hall–Kier alpha value is -2.02. The Kier molecular flexibility index (Phi) is 5.48. The summed E-state index contributed by atoms with van der Waals surface area (Å²) >= 11 is 1.53. The van der Waals surface area contributed by atoms with E-state index in [0.29, 0.717) is 6.04 Å². The smallest absolute Gasteiger partial charge is 0.237 e. The minimum Gasteiger partial charge on any atom is -0.341 e. The van der Waals surface area contributed by atoms with Gasteiger partial charge < -0.3 is 10.2 Å². The van der Waals surface area contributed by atoms with Crippen molar-refractivity contribution in [3.63, 3.8) is 0 Å². The van der Waals surface area contributed by atoms with Crippen LogP contribution < -0.4 is 10.2 Å². The van der Waals surface area contributed by atoms with E-state index in [2.05, 4.69) is 44.0 Å². The molecule has 0 bridgehead atoms. The molecule has 1 unspecified atom stereocenters. The van der Waals surface area contributed by atoms with E-state index >= 15 is 0 Å². The van der Waals surface area contributed by atoms with Crippen LogP contribution in [0.15, 0.2) is 23.4 Å². The molecule has 0 spiro atoms. The summed E-state index contributed by atoms with van der Waals surface area (Å²) in [4.78, 5) is 15.2. The van der Waals surface area contributed by atoms with Crippen LogP contribution in [0.1, 0.15) is 63.1 Å². The van der Waals surface area contributed by atoms with Crippen LogP contribution in [0.3, 0.4) is 0 Å². The fourth-order valence-electron chi connectivity index (χ4n) is 4.53. The van der Waals surface area contributed by atoms with Crippen LogP contribution in [0.5, 0.6) is 0 Å². The van der Waals surface area contributed by atoms with Crippen LogP contribution in [0.4, 0.5) is 11.6 Å². The van der Waals surface area contributed by atoms with Gasteiger partial charge in [0.05, 0.1) is 5.25 Å². The van der Waals surface area contributed by atoms with E-state index in [9.17, 15) is 4.79 Å². The third kappa shape index (κ3) is 4.09. The van der Waals surface area contributed by atoms with E-state index in [0.717, 1.165) is 48.6 Å². The van der Waals surface area contributed by atoms with Crippen molar-refractivity contribution in [1.29, 1.82) is 0 Å². The summed E-state index contributed by atoms with van der Waals surface area (Å²) in [6.07, 6.45) is 8.27. The first-order chi connectivity index (χ1) is 14.6. The van der Waals surface area contributed by atoms with Crippen molar-refractivity contribution in [2.24, 2.45) is 5.92 Å². The molecule has 1 atom stereocenters. The molecule has 2 heterocycles. The van der Waals surface area contributed by atoms with Gasteiger partial charge in [-0.25, -0.2) is 0 Å². The molecule has 1 saturated carbocycles. The van der Waals surface area contributed by atoms with Gasteiger partial charge in [0.1, 0.15) is 0 Å². The van der Waals surface area contributed by atoms with E-state index < -0.39 is 0 Å². The zero-order valence-corrected chi connectivity index (χ0v) is 18.7. The third-order valence-corrected chi connectivity index (χ3v) is 7.70. The van der Waals surface area contributed by atoms with Gasteiger partial charge >= 0.3 is 0 Å². The largest absolute Gasteiger partial charge is 0.341 e. The van der Waals surface area contributed by atoms with Crippen LogP contribution in [0.25, 0.3) is 0 Å². The number of amides is 1. The van der Waals surface area contributed by atoms with Crippen molar-refractivity contribution < 1.29 is 4.79 Å². The number of nitrogens with zero attached hydrogens (tertiary/aromatic N) is 4. The quantitative estimate of drug-likeness (QED) is 0.693. The molecular formula is C23H31N5OS. The van der Waals surface area contributed by atoms with E-state index in [1.807, 2.05) is 13.0 Å². The van der Waals surface area contributed by atoms with Crippen molar-refractivity contribution in [1.82, 2.24) is 14.8 Å². The highest BCUT2D eigenvalue weighted by atomic mass is 32.2. The normalized spacial score (nSPS) is 20.3. The number of thioether (sulfide) groups is 1. The molecule has 30 heavy (non-hydrogen) atoms. The third-order valence-electron chi connectivity index (χ3n) is 6.64. The molecule has 2 fully saturated rings. The fraction of sp³-hybridized carbons (Fsp3) is 0.609. The van der Waals surface area contributed by atoms with Gasteiger partial charge in [0.15, 0.2) is 5.16 Å². The van der Waals surface area contributed by atoms with Crippen LogP contribution in [0, 0.1) is 5.92 Å². The lowest BCUT2D eigenvalue weighted by atomic mass is 10.00. The molecule has 1 saturated heterocycles. The fourth-order valence-corrected chi connectivity index (χ4v) is 5.45. The number of aryl methyl sites for hydroxylation is 2. The van der Waals surface area contributed by atoms with E-state index in [1.54, 1.807) is 0 Å². The van der Waals surface area contributed by atoms with Gasteiger partial charge in [-0.05, 0) is 81.0 Å². The summed E-state index contributed by atoms with van der Waals surface area (Å²) in [7, 11) is 0. The summed E-state index contributed by atoms with van der Waals surface area (Å²) in [5, 5.41) is 12.8.